The first-order valence-corrected chi connectivity index (χ1v) is 8.28. The minimum Gasteiger partial charge on any atom is -0.250 e. The van der Waals surface area contributed by atoms with Crippen molar-refractivity contribution in [2.45, 2.75) is 26.3 Å². The predicted octanol–water partition coefficient (Wildman–Crippen LogP) is 2.01. The summed E-state index contributed by atoms with van der Waals surface area (Å²) >= 11 is 0. The molecule has 2 rings (SSSR count). The first kappa shape index (κ1) is 15.4. The highest BCUT2D eigenvalue weighted by molar-refractivity contribution is 7.92. The second-order valence-electron chi connectivity index (χ2n) is 4.67. The van der Waals surface area contributed by atoms with Crippen molar-refractivity contribution in [3.8, 4) is 0 Å². The Bertz CT molecular complexity index is 700. The fraction of sp³-hybridized carbons (Fsp3) is 0.385. The molecule has 1 N–H and O–H groups in total. The van der Waals surface area contributed by atoms with Crippen LogP contribution >= 0.6 is 0 Å². The van der Waals surface area contributed by atoms with Gasteiger partial charge in [-0.05, 0) is 24.1 Å². The van der Waals surface area contributed by atoms with Crippen LogP contribution in [0.3, 0.4) is 0 Å². The molecular weight excluding hydrogens is 295 g/mol. The van der Waals surface area contributed by atoms with Crippen molar-refractivity contribution in [2.24, 2.45) is 0 Å². The molecule has 2 aromatic rings. The first-order valence-electron chi connectivity index (χ1n) is 6.63. The Balaban J connectivity index is 2.01. The van der Waals surface area contributed by atoms with Crippen LogP contribution in [0, 0.1) is 5.82 Å². The minimum atomic E-state index is -3.41. The molecule has 114 valence electrons. The highest BCUT2D eigenvalue weighted by Crippen LogP contribution is 2.07. The number of halogens is 1. The van der Waals surface area contributed by atoms with E-state index in [1.54, 1.807) is 12.1 Å². The van der Waals surface area contributed by atoms with Gasteiger partial charge in [0.2, 0.25) is 10.0 Å². The number of nitrogens with zero attached hydrogens (tertiary/aromatic N) is 3. The smallest absolute Gasteiger partial charge is 0.250 e. The number of nitrogens with one attached hydrogen (secondary N) is 1. The molecule has 21 heavy (non-hydrogen) atoms. The fourth-order valence-corrected chi connectivity index (χ4v) is 2.91. The van der Waals surface area contributed by atoms with Crippen molar-refractivity contribution in [1.82, 2.24) is 14.8 Å². The molecule has 0 saturated carbocycles. The molecular formula is C13H17FN4O2S. The lowest BCUT2D eigenvalue weighted by atomic mass is 10.2. The third-order valence-electron chi connectivity index (χ3n) is 2.78. The molecule has 8 heteroatoms. The number of rotatable bonds is 7. The van der Waals surface area contributed by atoms with Crippen LogP contribution in [-0.2, 0) is 16.6 Å². The van der Waals surface area contributed by atoms with E-state index in [0.29, 0.717) is 13.0 Å². The molecule has 0 spiro atoms. The van der Waals surface area contributed by atoms with Gasteiger partial charge in [-0.15, -0.1) is 5.10 Å². The number of hydrogen-bond donors (Lipinski definition) is 1. The molecule has 1 aromatic carbocycles. The minimum absolute atomic E-state index is 0.0301. The van der Waals surface area contributed by atoms with Gasteiger partial charge < -0.3 is 0 Å². The Morgan fingerprint density at radius 3 is 2.90 bits per heavy atom. The van der Waals surface area contributed by atoms with Crippen LogP contribution in [0.4, 0.5) is 10.3 Å². The van der Waals surface area contributed by atoms with Crippen LogP contribution in [0.15, 0.2) is 30.6 Å². The van der Waals surface area contributed by atoms with Crippen molar-refractivity contribution in [3.63, 3.8) is 0 Å². The average molecular weight is 312 g/mol. The Hall–Kier alpha value is -1.96. The Morgan fingerprint density at radius 2 is 2.19 bits per heavy atom. The Morgan fingerprint density at radius 1 is 1.38 bits per heavy atom. The van der Waals surface area contributed by atoms with Crippen LogP contribution in [0.5, 0.6) is 0 Å². The molecule has 0 bridgehead atoms. The number of hydrogen-bond acceptors (Lipinski definition) is 4. The average Bonchev–Trinajstić information content (AvgIpc) is 2.83. The van der Waals surface area contributed by atoms with Gasteiger partial charge in [0, 0.05) is 0 Å². The largest absolute Gasteiger partial charge is 0.255 e. The van der Waals surface area contributed by atoms with Crippen LogP contribution in [0.25, 0.3) is 0 Å². The second kappa shape index (κ2) is 6.66. The second-order valence-corrected chi connectivity index (χ2v) is 6.51. The molecule has 6 nitrogen and oxygen atoms in total. The molecule has 1 aromatic heterocycles. The summed E-state index contributed by atoms with van der Waals surface area (Å²) in [5.74, 6) is -0.252. The summed E-state index contributed by atoms with van der Waals surface area (Å²) in [6.07, 6.45) is 2.78. The summed E-state index contributed by atoms with van der Waals surface area (Å²) in [7, 11) is -3.41. The molecule has 0 aliphatic carbocycles. The zero-order valence-electron chi connectivity index (χ0n) is 11.7. The zero-order chi connectivity index (χ0) is 15.3. The van der Waals surface area contributed by atoms with E-state index in [2.05, 4.69) is 14.8 Å². The van der Waals surface area contributed by atoms with Crippen molar-refractivity contribution >= 4 is 16.0 Å². The van der Waals surface area contributed by atoms with E-state index in [4.69, 9.17) is 0 Å². The van der Waals surface area contributed by atoms with Gasteiger partial charge in [-0.3, -0.25) is 0 Å². The third-order valence-corrected chi connectivity index (χ3v) is 4.10. The highest BCUT2D eigenvalue weighted by atomic mass is 32.2. The normalized spacial score (nSPS) is 11.5. The number of aromatic nitrogens is 3. The maximum Gasteiger partial charge on any atom is 0.255 e. The third kappa shape index (κ3) is 4.82. The lowest BCUT2D eigenvalue weighted by molar-refractivity contribution is 0.597. The van der Waals surface area contributed by atoms with Gasteiger partial charge in [0.1, 0.15) is 12.1 Å². The molecule has 0 amide bonds. The van der Waals surface area contributed by atoms with Crippen LogP contribution in [0.2, 0.25) is 0 Å². The standard InChI is InChI=1S/C13H17FN4O2S/c1-2-3-7-21(19,20)17-13-15-10-18(16-13)9-11-5-4-6-12(14)8-11/h4-6,8,10H,2-3,7,9H2,1H3,(H,16,17). The van der Waals surface area contributed by atoms with E-state index in [-0.39, 0.29) is 17.5 Å². The highest BCUT2D eigenvalue weighted by Gasteiger charge is 2.12. The lowest BCUT2D eigenvalue weighted by Gasteiger charge is -2.03. The SMILES string of the molecule is CCCCS(=O)(=O)Nc1ncn(Cc2cccc(F)c2)n1. The summed E-state index contributed by atoms with van der Waals surface area (Å²) in [4.78, 5) is 3.90. The summed E-state index contributed by atoms with van der Waals surface area (Å²) in [6.45, 7) is 2.24. The van der Waals surface area contributed by atoms with Gasteiger partial charge in [0.05, 0.1) is 12.3 Å². The van der Waals surface area contributed by atoms with Crippen molar-refractivity contribution in [2.75, 3.05) is 10.5 Å². The molecule has 0 saturated heterocycles. The van der Waals surface area contributed by atoms with Crippen molar-refractivity contribution in [1.29, 1.82) is 0 Å². The van der Waals surface area contributed by atoms with Gasteiger partial charge in [-0.1, -0.05) is 25.5 Å². The van der Waals surface area contributed by atoms with E-state index in [9.17, 15) is 12.8 Å². The maximum atomic E-state index is 13.1. The zero-order valence-corrected chi connectivity index (χ0v) is 12.5. The summed E-state index contributed by atoms with van der Waals surface area (Å²) in [6, 6.07) is 6.12. The predicted molar refractivity (Wildman–Crippen MR) is 77.8 cm³/mol. The molecule has 0 radical (unpaired) electrons. The molecule has 1 heterocycles. The number of benzene rings is 1. The maximum absolute atomic E-state index is 13.1. The van der Waals surface area contributed by atoms with Gasteiger partial charge in [-0.2, -0.15) is 4.98 Å². The van der Waals surface area contributed by atoms with Gasteiger partial charge in [0.25, 0.3) is 5.95 Å². The topological polar surface area (TPSA) is 76.9 Å². The van der Waals surface area contributed by atoms with Gasteiger partial charge in [0.15, 0.2) is 0 Å². The van der Waals surface area contributed by atoms with Gasteiger partial charge in [-0.25, -0.2) is 22.2 Å². The monoisotopic (exact) mass is 312 g/mol. The molecule has 0 fully saturated rings. The number of unbranched alkanes of at least 4 members (excludes halogenated alkanes) is 1. The molecule has 0 unspecified atom stereocenters. The summed E-state index contributed by atoms with van der Waals surface area (Å²) in [5, 5.41) is 4.02. The fourth-order valence-electron chi connectivity index (χ4n) is 1.76. The number of anilines is 1. The summed E-state index contributed by atoms with van der Waals surface area (Å²) < 4.78 is 40.3. The summed E-state index contributed by atoms with van der Waals surface area (Å²) in [5.41, 5.74) is 0.722. The Labute approximate surface area is 123 Å². The van der Waals surface area contributed by atoms with Crippen molar-refractivity contribution in [3.05, 3.63) is 42.0 Å². The van der Waals surface area contributed by atoms with E-state index < -0.39 is 10.0 Å². The quantitative estimate of drug-likeness (QED) is 0.848. The van der Waals surface area contributed by atoms with E-state index >= 15 is 0 Å². The molecule has 0 aliphatic rings. The van der Waals surface area contributed by atoms with E-state index in [1.165, 1.54) is 23.1 Å². The molecule has 0 atom stereocenters. The van der Waals surface area contributed by atoms with E-state index in [1.807, 2.05) is 6.92 Å². The van der Waals surface area contributed by atoms with Gasteiger partial charge >= 0.3 is 0 Å². The van der Waals surface area contributed by atoms with Crippen molar-refractivity contribution < 1.29 is 12.8 Å². The molecule has 0 aliphatic heterocycles. The van der Waals surface area contributed by atoms with Crippen LogP contribution in [0.1, 0.15) is 25.3 Å². The lowest BCUT2D eigenvalue weighted by Crippen LogP contribution is -2.17. The number of sulfonamides is 1. The Kier molecular flexibility index (Phi) is 4.89. The van der Waals surface area contributed by atoms with Crippen LogP contribution in [-0.4, -0.2) is 28.9 Å². The van der Waals surface area contributed by atoms with Crippen LogP contribution < -0.4 is 4.72 Å². The van der Waals surface area contributed by atoms with E-state index in [0.717, 1.165) is 12.0 Å². The first-order chi connectivity index (χ1) is 9.98.